The van der Waals surface area contributed by atoms with Gasteiger partial charge in [-0.2, -0.15) is 4.99 Å². The van der Waals surface area contributed by atoms with Crippen LogP contribution in [0, 0.1) is 0 Å². The van der Waals surface area contributed by atoms with Crippen molar-refractivity contribution in [2.24, 2.45) is 17.8 Å². The highest BCUT2D eigenvalue weighted by molar-refractivity contribution is 7.07. The van der Waals surface area contributed by atoms with Gasteiger partial charge in [0, 0.05) is 25.2 Å². The summed E-state index contributed by atoms with van der Waals surface area (Å²) in [5.41, 5.74) is 5.49. The van der Waals surface area contributed by atoms with Crippen LogP contribution in [0.1, 0.15) is 12.8 Å². The van der Waals surface area contributed by atoms with Crippen molar-refractivity contribution in [1.82, 2.24) is 4.57 Å². The summed E-state index contributed by atoms with van der Waals surface area (Å²) in [6.07, 6.45) is 3.05. The molecule has 1 aliphatic heterocycles. The van der Waals surface area contributed by atoms with E-state index in [4.69, 9.17) is 10.5 Å². The van der Waals surface area contributed by atoms with Crippen molar-refractivity contribution < 1.29 is 9.53 Å². The number of thiazole rings is 1. The molecule has 0 saturated carbocycles. The van der Waals surface area contributed by atoms with Crippen LogP contribution in [0.25, 0.3) is 0 Å². The Bertz CT molecular complexity index is 437. The summed E-state index contributed by atoms with van der Waals surface area (Å²) in [7, 11) is 1.86. The number of carbonyl (C=O) groups is 1. The number of nitrogens with two attached hydrogens (primary N) is 1. The maximum Gasteiger partial charge on any atom is 0.277 e. The third kappa shape index (κ3) is 2.40. The summed E-state index contributed by atoms with van der Waals surface area (Å²) < 4.78 is 7.31. The minimum absolute atomic E-state index is 0.0150. The van der Waals surface area contributed by atoms with Crippen LogP contribution < -0.4 is 10.5 Å². The summed E-state index contributed by atoms with van der Waals surface area (Å²) in [5, 5.41) is 1.89. The molecular formula is C10H15N3O2S. The molecule has 88 valence electrons. The molecule has 2 rings (SSSR count). The molecule has 0 unspecified atom stereocenters. The van der Waals surface area contributed by atoms with E-state index >= 15 is 0 Å². The molecule has 0 radical (unpaired) electrons. The third-order valence-corrected chi connectivity index (χ3v) is 3.46. The number of nitrogens with zero attached hydrogens (tertiary/aromatic N) is 2. The van der Waals surface area contributed by atoms with Gasteiger partial charge in [0.25, 0.3) is 5.91 Å². The molecule has 6 heteroatoms. The Hall–Kier alpha value is -0.980. The number of aryl methyl sites for hydroxylation is 1. The van der Waals surface area contributed by atoms with Crippen LogP contribution in [0.4, 0.5) is 0 Å². The molecule has 1 amide bonds. The Labute approximate surface area is 97.6 Å². The van der Waals surface area contributed by atoms with Gasteiger partial charge in [0.1, 0.15) is 6.10 Å². The molecule has 1 aromatic heterocycles. The fraction of sp³-hybridized carbons (Fsp3) is 0.600. The lowest BCUT2D eigenvalue weighted by Crippen LogP contribution is -2.26. The first-order valence-corrected chi connectivity index (χ1v) is 6.13. The van der Waals surface area contributed by atoms with E-state index in [9.17, 15) is 4.79 Å². The van der Waals surface area contributed by atoms with E-state index in [1.807, 2.05) is 23.2 Å². The van der Waals surface area contributed by atoms with Crippen molar-refractivity contribution in [3.63, 3.8) is 0 Å². The fourth-order valence-corrected chi connectivity index (χ4v) is 2.40. The maximum absolute atomic E-state index is 11.8. The van der Waals surface area contributed by atoms with Crippen molar-refractivity contribution in [1.29, 1.82) is 0 Å². The van der Waals surface area contributed by atoms with Gasteiger partial charge in [0.05, 0.1) is 6.10 Å². The van der Waals surface area contributed by atoms with E-state index in [0.29, 0.717) is 11.3 Å². The highest BCUT2D eigenvalue weighted by Gasteiger charge is 2.29. The van der Waals surface area contributed by atoms with E-state index in [0.717, 1.165) is 12.8 Å². The van der Waals surface area contributed by atoms with Crippen molar-refractivity contribution in [2.45, 2.75) is 25.0 Å². The molecule has 16 heavy (non-hydrogen) atoms. The van der Waals surface area contributed by atoms with Crippen LogP contribution in [-0.4, -0.2) is 29.2 Å². The molecule has 0 spiro atoms. The molecule has 1 aliphatic rings. The van der Waals surface area contributed by atoms with Gasteiger partial charge >= 0.3 is 0 Å². The average molecular weight is 241 g/mol. The van der Waals surface area contributed by atoms with Crippen LogP contribution in [-0.2, 0) is 16.6 Å². The van der Waals surface area contributed by atoms with Crippen molar-refractivity contribution in [3.8, 4) is 0 Å². The zero-order chi connectivity index (χ0) is 11.5. The molecule has 1 saturated heterocycles. The van der Waals surface area contributed by atoms with Gasteiger partial charge in [0.15, 0.2) is 4.80 Å². The lowest BCUT2D eigenvalue weighted by molar-refractivity contribution is -0.128. The molecule has 2 heterocycles. The summed E-state index contributed by atoms with van der Waals surface area (Å²) in [5.74, 6) is -0.200. The molecule has 0 aromatic carbocycles. The minimum Gasteiger partial charge on any atom is -0.364 e. The van der Waals surface area contributed by atoms with Gasteiger partial charge < -0.3 is 15.0 Å². The van der Waals surface area contributed by atoms with Gasteiger partial charge in [-0.05, 0) is 12.8 Å². The molecule has 0 bridgehead atoms. The second kappa shape index (κ2) is 4.90. The van der Waals surface area contributed by atoms with Crippen molar-refractivity contribution >= 4 is 17.2 Å². The second-order valence-electron chi connectivity index (χ2n) is 3.81. The predicted octanol–water partition coefficient (Wildman–Crippen LogP) is 0.0202. The van der Waals surface area contributed by atoms with Crippen LogP contribution >= 0.6 is 11.3 Å². The fourth-order valence-electron chi connectivity index (χ4n) is 1.66. The lowest BCUT2D eigenvalue weighted by Gasteiger charge is -2.07. The monoisotopic (exact) mass is 241 g/mol. The summed E-state index contributed by atoms with van der Waals surface area (Å²) >= 11 is 1.44. The number of ether oxygens (including phenoxy) is 1. The van der Waals surface area contributed by atoms with E-state index in [-0.39, 0.29) is 12.0 Å². The van der Waals surface area contributed by atoms with Crippen LogP contribution in [0.3, 0.4) is 0 Å². The first-order chi connectivity index (χ1) is 7.70. The number of carbonyl (C=O) groups excluding carboxylic acids is 1. The predicted molar refractivity (Wildman–Crippen MR) is 60.8 cm³/mol. The van der Waals surface area contributed by atoms with E-state index < -0.39 is 6.10 Å². The van der Waals surface area contributed by atoms with Crippen molar-refractivity contribution in [3.05, 3.63) is 16.4 Å². The minimum atomic E-state index is -0.407. The van der Waals surface area contributed by atoms with Gasteiger partial charge in [-0.15, -0.1) is 11.3 Å². The smallest absolute Gasteiger partial charge is 0.277 e. The number of rotatable bonds is 2. The maximum atomic E-state index is 11.8. The quantitative estimate of drug-likeness (QED) is 0.793. The SMILES string of the molecule is Cn1ccsc1=NC(=O)[C@@H]1CC[C@H](CN)O1. The molecule has 1 fully saturated rings. The molecule has 2 atom stereocenters. The molecule has 5 nitrogen and oxygen atoms in total. The van der Waals surface area contributed by atoms with Gasteiger partial charge in [-0.25, -0.2) is 0 Å². The number of amides is 1. The van der Waals surface area contributed by atoms with Crippen LogP contribution in [0.15, 0.2) is 16.6 Å². The Morgan fingerprint density at radius 1 is 1.75 bits per heavy atom. The van der Waals surface area contributed by atoms with Crippen LogP contribution in [0.5, 0.6) is 0 Å². The highest BCUT2D eigenvalue weighted by Crippen LogP contribution is 2.19. The van der Waals surface area contributed by atoms with E-state index in [1.165, 1.54) is 11.3 Å². The molecule has 1 aromatic rings. The standard InChI is InChI=1S/C10H15N3O2S/c1-13-4-5-16-10(13)12-9(14)8-3-2-7(6-11)15-8/h4-5,7-8H,2-3,6,11H2,1H3/t7-,8+/m1/s1. The Kier molecular flexibility index (Phi) is 3.52. The lowest BCUT2D eigenvalue weighted by atomic mass is 10.2. The average Bonchev–Trinajstić information content (AvgIpc) is 2.88. The highest BCUT2D eigenvalue weighted by atomic mass is 32.1. The second-order valence-corrected chi connectivity index (χ2v) is 4.68. The van der Waals surface area contributed by atoms with Crippen LogP contribution in [0.2, 0.25) is 0 Å². The summed E-state index contributed by atoms with van der Waals surface area (Å²) in [6.45, 7) is 0.469. The van der Waals surface area contributed by atoms with Gasteiger partial charge in [0.2, 0.25) is 0 Å². The Morgan fingerprint density at radius 3 is 3.12 bits per heavy atom. The third-order valence-electron chi connectivity index (χ3n) is 2.61. The number of hydrogen-bond acceptors (Lipinski definition) is 4. The number of hydrogen-bond donors (Lipinski definition) is 1. The molecule has 0 aliphatic carbocycles. The van der Waals surface area contributed by atoms with Crippen molar-refractivity contribution in [2.75, 3.05) is 6.54 Å². The molecule has 2 N–H and O–H groups in total. The number of aromatic nitrogens is 1. The Morgan fingerprint density at radius 2 is 2.56 bits per heavy atom. The summed E-state index contributed by atoms with van der Waals surface area (Å²) in [4.78, 5) is 16.5. The van der Waals surface area contributed by atoms with Gasteiger partial charge in [-0.1, -0.05) is 0 Å². The zero-order valence-corrected chi connectivity index (χ0v) is 9.94. The van der Waals surface area contributed by atoms with E-state index in [2.05, 4.69) is 4.99 Å². The normalized spacial score (nSPS) is 26.2. The van der Waals surface area contributed by atoms with E-state index in [1.54, 1.807) is 0 Å². The Balaban J connectivity index is 2.08. The van der Waals surface area contributed by atoms with Gasteiger partial charge in [-0.3, -0.25) is 4.79 Å². The zero-order valence-electron chi connectivity index (χ0n) is 9.13. The largest absolute Gasteiger partial charge is 0.364 e. The summed E-state index contributed by atoms with van der Waals surface area (Å²) in [6, 6.07) is 0. The topological polar surface area (TPSA) is 69.6 Å². The first kappa shape index (κ1) is 11.5. The molecular weight excluding hydrogens is 226 g/mol. The first-order valence-electron chi connectivity index (χ1n) is 5.25.